The average Bonchev–Trinajstić information content (AvgIpc) is 3.90. The van der Waals surface area contributed by atoms with Crippen LogP contribution in [-0.4, -0.2) is 15.0 Å². The Balaban J connectivity index is 1.07. The Bertz CT molecular complexity index is 2770. The molecule has 0 amide bonds. The van der Waals surface area contributed by atoms with Crippen molar-refractivity contribution in [2.45, 2.75) is 0 Å². The van der Waals surface area contributed by atoms with E-state index in [1.165, 1.54) is 46.9 Å². The van der Waals surface area contributed by atoms with Crippen LogP contribution in [0, 0.1) is 0 Å². The van der Waals surface area contributed by atoms with E-state index in [4.69, 9.17) is 15.0 Å². The van der Waals surface area contributed by atoms with Gasteiger partial charge in [0, 0.05) is 41.7 Å². The molecule has 10 aromatic rings. The van der Waals surface area contributed by atoms with Gasteiger partial charge in [0.15, 0.2) is 17.5 Å². The molecule has 0 atom stereocenters. The summed E-state index contributed by atoms with van der Waals surface area (Å²) in [5.74, 6) is 1.93. The van der Waals surface area contributed by atoms with Crippen molar-refractivity contribution in [3.63, 3.8) is 0 Å². The molecule has 0 spiro atoms. The Kier molecular flexibility index (Phi) is 7.52. The number of nitrogens with zero attached hydrogens (tertiary/aromatic N) is 3. The molecular weight excluding hydrogens is 671 g/mol. The van der Waals surface area contributed by atoms with Crippen molar-refractivity contribution in [3.8, 4) is 66.9 Å². The number of fused-ring (bicyclic) bond motifs is 5. The van der Waals surface area contributed by atoms with Crippen LogP contribution in [0.5, 0.6) is 0 Å². The van der Waals surface area contributed by atoms with Crippen LogP contribution in [0.4, 0.5) is 0 Å². The number of benzene rings is 7. The van der Waals surface area contributed by atoms with Crippen molar-refractivity contribution in [1.29, 1.82) is 0 Å². The largest absolute Gasteiger partial charge is 0.208 e. The standard InChI is InChI=1S/C47H29N3S2/c1-3-8-30(9-4-1)32-14-18-35(19-15-32)45-48-46(36-20-16-33(17-21-36)31-10-5-2-6-11-31)50-47(49-45)39-13-7-12-37(28-39)42-29-38-23-25-40-41(44(38)52-42)24-22-34-26-27-51-43(34)40/h1-29H. The first-order valence-corrected chi connectivity index (χ1v) is 18.9. The highest BCUT2D eigenvalue weighted by molar-refractivity contribution is 7.23. The number of aromatic nitrogens is 3. The highest BCUT2D eigenvalue weighted by Gasteiger charge is 2.15. The zero-order chi connectivity index (χ0) is 34.4. The highest BCUT2D eigenvalue weighted by atomic mass is 32.1. The van der Waals surface area contributed by atoms with Crippen LogP contribution in [-0.2, 0) is 0 Å². The number of thiophene rings is 2. The van der Waals surface area contributed by atoms with Crippen molar-refractivity contribution >= 4 is 53.6 Å². The van der Waals surface area contributed by atoms with Gasteiger partial charge in [-0.25, -0.2) is 15.0 Å². The summed E-state index contributed by atoms with van der Waals surface area (Å²) >= 11 is 3.66. The molecule has 244 valence electrons. The van der Waals surface area contributed by atoms with Crippen molar-refractivity contribution in [1.82, 2.24) is 15.0 Å². The van der Waals surface area contributed by atoms with Gasteiger partial charge in [0.25, 0.3) is 0 Å². The van der Waals surface area contributed by atoms with Gasteiger partial charge in [0.1, 0.15) is 0 Å². The maximum absolute atomic E-state index is 5.09. The van der Waals surface area contributed by atoms with Crippen LogP contribution in [0.1, 0.15) is 0 Å². The second kappa shape index (κ2) is 12.8. The van der Waals surface area contributed by atoms with E-state index in [9.17, 15) is 0 Å². The van der Waals surface area contributed by atoms with E-state index in [2.05, 4.69) is 163 Å². The SMILES string of the molecule is c1ccc(-c2ccc(-c3nc(-c4ccc(-c5ccccc5)cc4)nc(-c4cccc(-c5cc6ccc7c(ccc8ccsc87)c6s5)c4)n3)cc2)cc1. The molecule has 0 saturated heterocycles. The summed E-state index contributed by atoms with van der Waals surface area (Å²) in [6, 6.07) is 60.0. The lowest BCUT2D eigenvalue weighted by Crippen LogP contribution is -2.00. The molecule has 0 unspecified atom stereocenters. The van der Waals surface area contributed by atoms with Gasteiger partial charge < -0.3 is 0 Å². The summed E-state index contributed by atoms with van der Waals surface area (Å²) in [5.41, 5.74) is 8.64. The van der Waals surface area contributed by atoms with Crippen LogP contribution in [0.2, 0.25) is 0 Å². The second-order valence-corrected chi connectivity index (χ2v) is 14.8. The Morgan fingerprint density at radius 3 is 1.42 bits per heavy atom. The predicted octanol–water partition coefficient (Wildman–Crippen LogP) is 13.5. The lowest BCUT2D eigenvalue weighted by Gasteiger charge is -2.10. The average molecular weight is 700 g/mol. The molecule has 3 heterocycles. The minimum absolute atomic E-state index is 0.644. The molecule has 3 aromatic heterocycles. The third kappa shape index (κ3) is 5.57. The van der Waals surface area contributed by atoms with E-state index in [-0.39, 0.29) is 0 Å². The summed E-state index contributed by atoms with van der Waals surface area (Å²) in [7, 11) is 0. The topological polar surface area (TPSA) is 38.7 Å². The molecule has 0 fully saturated rings. The second-order valence-electron chi connectivity index (χ2n) is 12.9. The van der Waals surface area contributed by atoms with Gasteiger partial charge in [-0.3, -0.25) is 0 Å². The maximum atomic E-state index is 5.09. The van der Waals surface area contributed by atoms with Gasteiger partial charge in [-0.15, -0.1) is 22.7 Å². The number of hydrogen-bond donors (Lipinski definition) is 0. The molecule has 0 saturated carbocycles. The monoisotopic (exact) mass is 699 g/mol. The van der Waals surface area contributed by atoms with Crippen molar-refractivity contribution in [3.05, 3.63) is 175 Å². The fourth-order valence-corrected chi connectivity index (χ4v) is 9.04. The normalized spacial score (nSPS) is 11.5. The summed E-state index contributed by atoms with van der Waals surface area (Å²) in [5, 5.41) is 7.37. The molecule has 0 aliphatic carbocycles. The van der Waals surface area contributed by atoms with Crippen molar-refractivity contribution in [2.75, 3.05) is 0 Å². The highest BCUT2D eigenvalue weighted by Crippen LogP contribution is 2.41. The first kappa shape index (κ1) is 30.5. The zero-order valence-electron chi connectivity index (χ0n) is 27.9. The van der Waals surface area contributed by atoms with E-state index in [1.54, 1.807) is 0 Å². The Morgan fingerprint density at radius 1 is 0.327 bits per heavy atom. The van der Waals surface area contributed by atoms with E-state index in [0.29, 0.717) is 17.5 Å². The first-order valence-electron chi connectivity index (χ1n) is 17.2. The van der Waals surface area contributed by atoms with Gasteiger partial charge in [-0.2, -0.15) is 0 Å². The smallest absolute Gasteiger partial charge is 0.164 e. The summed E-state index contributed by atoms with van der Waals surface area (Å²) < 4.78 is 2.66. The van der Waals surface area contributed by atoms with Gasteiger partial charge >= 0.3 is 0 Å². The van der Waals surface area contributed by atoms with Crippen LogP contribution < -0.4 is 0 Å². The Labute approximate surface area is 309 Å². The van der Waals surface area contributed by atoms with E-state index in [1.807, 2.05) is 34.8 Å². The third-order valence-electron chi connectivity index (χ3n) is 9.64. The summed E-state index contributed by atoms with van der Waals surface area (Å²) in [6.07, 6.45) is 0. The minimum atomic E-state index is 0.644. The molecule has 3 nitrogen and oxygen atoms in total. The molecule has 0 N–H and O–H groups in total. The molecule has 0 aliphatic rings. The molecule has 0 bridgehead atoms. The molecule has 0 aliphatic heterocycles. The van der Waals surface area contributed by atoms with Crippen molar-refractivity contribution < 1.29 is 0 Å². The van der Waals surface area contributed by atoms with Crippen LogP contribution in [0.25, 0.3) is 97.8 Å². The lowest BCUT2D eigenvalue weighted by atomic mass is 10.0. The van der Waals surface area contributed by atoms with E-state index < -0.39 is 0 Å². The quantitative estimate of drug-likeness (QED) is 0.173. The van der Waals surface area contributed by atoms with Gasteiger partial charge in [0.05, 0.1) is 0 Å². The molecule has 52 heavy (non-hydrogen) atoms. The fourth-order valence-electron chi connectivity index (χ4n) is 6.93. The van der Waals surface area contributed by atoms with Gasteiger partial charge in [-0.05, 0) is 62.2 Å². The van der Waals surface area contributed by atoms with Crippen LogP contribution in [0.3, 0.4) is 0 Å². The molecular formula is C47H29N3S2. The molecule has 7 aromatic carbocycles. The van der Waals surface area contributed by atoms with E-state index >= 15 is 0 Å². The summed E-state index contributed by atoms with van der Waals surface area (Å²) in [6.45, 7) is 0. The van der Waals surface area contributed by atoms with Crippen LogP contribution in [0.15, 0.2) is 175 Å². The first-order chi connectivity index (χ1) is 25.7. The summed E-state index contributed by atoms with van der Waals surface area (Å²) in [4.78, 5) is 16.4. The fraction of sp³-hybridized carbons (Fsp3) is 0. The van der Waals surface area contributed by atoms with E-state index in [0.717, 1.165) is 33.4 Å². The Hall–Kier alpha value is -6.27. The zero-order valence-corrected chi connectivity index (χ0v) is 29.5. The third-order valence-corrected chi connectivity index (χ3v) is 11.8. The molecule has 0 radical (unpaired) electrons. The Morgan fingerprint density at radius 2 is 0.808 bits per heavy atom. The number of rotatable bonds is 6. The van der Waals surface area contributed by atoms with Gasteiger partial charge in [0.2, 0.25) is 0 Å². The lowest BCUT2D eigenvalue weighted by molar-refractivity contribution is 1.07. The number of hydrogen-bond acceptors (Lipinski definition) is 5. The molecule has 5 heteroatoms. The molecule has 10 rings (SSSR count). The van der Waals surface area contributed by atoms with Crippen molar-refractivity contribution in [2.24, 2.45) is 0 Å². The predicted molar refractivity (Wildman–Crippen MR) is 221 cm³/mol. The van der Waals surface area contributed by atoms with Gasteiger partial charge in [-0.1, -0.05) is 152 Å². The van der Waals surface area contributed by atoms with Crippen LogP contribution >= 0.6 is 22.7 Å². The minimum Gasteiger partial charge on any atom is -0.208 e. The maximum Gasteiger partial charge on any atom is 0.164 e.